The molecule has 2 fully saturated rings. The van der Waals surface area contributed by atoms with E-state index < -0.39 is 29.9 Å². The number of β-lactam (4-membered cyclic amide) rings is 1. The van der Waals surface area contributed by atoms with Crippen LogP contribution in [0.4, 0.5) is 0 Å². The standard InChI is InChI=1S/C21H20N2O6S/c1-12-11-30-20-18(22-15(25)8-5-9-16(22)26)19(27)23(20)17(12)21(28)29-10-14(24)13-6-3-2-4-7-13/h2-4,6-7,18,20H,5,8-11H2,1H3/t18?,20-/m0/s1. The zero-order valence-corrected chi connectivity index (χ0v) is 17.1. The number of fused-ring (bicyclic) bond motifs is 1. The lowest BCUT2D eigenvalue weighted by atomic mass is 9.98. The van der Waals surface area contributed by atoms with Gasteiger partial charge in [0.2, 0.25) is 11.8 Å². The molecule has 0 aromatic heterocycles. The summed E-state index contributed by atoms with van der Waals surface area (Å²) < 4.78 is 5.20. The van der Waals surface area contributed by atoms with Crippen molar-refractivity contribution < 1.29 is 28.7 Å². The molecule has 2 saturated heterocycles. The third-order valence-corrected chi connectivity index (χ3v) is 6.76. The van der Waals surface area contributed by atoms with Gasteiger partial charge in [0.25, 0.3) is 5.91 Å². The van der Waals surface area contributed by atoms with E-state index in [9.17, 15) is 24.0 Å². The minimum Gasteiger partial charge on any atom is -0.453 e. The van der Waals surface area contributed by atoms with Crippen LogP contribution < -0.4 is 0 Å². The fraction of sp³-hybridized carbons (Fsp3) is 0.381. The number of esters is 1. The third-order valence-electron chi connectivity index (χ3n) is 5.35. The van der Waals surface area contributed by atoms with Crippen molar-refractivity contribution in [3.63, 3.8) is 0 Å². The van der Waals surface area contributed by atoms with Crippen LogP contribution in [0.5, 0.6) is 0 Å². The number of imide groups is 1. The molecule has 156 valence electrons. The molecule has 1 unspecified atom stereocenters. The molecule has 1 aromatic rings. The third kappa shape index (κ3) is 3.43. The van der Waals surface area contributed by atoms with E-state index in [0.717, 1.165) is 4.90 Å². The molecule has 0 aliphatic carbocycles. The molecule has 3 heterocycles. The van der Waals surface area contributed by atoms with Gasteiger partial charge in [-0.2, -0.15) is 0 Å². The molecule has 3 aliphatic heterocycles. The van der Waals surface area contributed by atoms with Crippen LogP contribution in [0.1, 0.15) is 36.5 Å². The van der Waals surface area contributed by atoms with Crippen LogP contribution in [-0.2, 0) is 23.9 Å². The van der Waals surface area contributed by atoms with Crippen molar-refractivity contribution in [2.75, 3.05) is 12.4 Å². The number of piperidine rings is 1. The van der Waals surface area contributed by atoms with E-state index >= 15 is 0 Å². The number of benzene rings is 1. The monoisotopic (exact) mass is 428 g/mol. The quantitative estimate of drug-likeness (QED) is 0.303. The first-order valence-electron chi connectivity index (χ1n) is 9.65. The predicted octanol–water partition coefficient (Wildman–Crippen LogP) is 1.51. The van der Waals surface area contributed by atoms with Gasteiger partial charge >= 0.3 is 5.97 Å². The molecule has 0 N–H and O–H groups in total. The molecule has 3 amide bonds. The summed E-state index contributed by atoms with van der Waals surface area (Å²) in [5.41, 5.74) is 1.17. The summed E-state index contributed by atoms with van der Waals surface area (Å²) in [6, 6.07) is 7.58. The van der Waals surface area contributed by atoms with Gasteiger partial charge in [-0.05, 0) is 18.9 Å². The molecule has 4 rings (SSSR count). The maximum Gasteiger partial charge on any atom is 0.355 e. The summed E-state index contributed by atoms with van der Waals surface area (Å²) in [6.07, 6.45) is 0.958. The van der Waals surface area contributed by atoms with Crippen LogP contribution in [0.25, 0.3) is 0 Å². The summed E-state index contributed by atoms with van der Waals surface area (Å²) in [7, 11) is 0. The summed E-state index contributed by atoms with van der Waals surface area (Å²) in [6.45, 7) is 1.28. The molecule has 1 aromatic carbocycles. The van der Waals surface area contributed by atoms with Crippen molar-refractivity contribution in [2.45, 2.75) is 37.6 Å². The van der Waals surface area contributed by atoms with E-state index in [0.29, 0.717) is 23.3 Å². The number of carbonyl (C=O) groups excluding carboxylic acids is 5. The number of amides is 3. The number of ketones is 1. The van der Waals surface area contributed by atoms with Crippen molar-refractivity contribution in [1.82, 2.24) is 9.80 Å². The second-order valence-corrected chi connectivity index (χ2v) is 8.46. The molecule has 0 spiro atoms. The van der Waals surface area contributed by atoms with Crippen LogP contribution in [0.3, 0.4) is 0 Å². The maximum absolute atomic E-state index is 12.9. The smallest absolute Gasteiger partial charge is 0.355 e. The highest BCUT2D eigenvalue weighted by Gasteiger charge is 2.58. The minimum absolute atomic E-state index is 0.0952. The normalized spacial score (nSPS) is 23.8. The Balaban J connectivity index is 1.47. The molecule has 8 nitrogen and oxygen atoms in total. The van der Waals surface area contributed by atoms with E-state index in [2.05, 4.69) is 0 Å². The second kappa shape index (κ2) is 8.06. The van der Waals surface area contributed by atoms with Gasteiger partial charge < -0.3 is 4.74 Å². The lowest BCUT2D eigenvalue weighted by molar-refractivity contribution is -0.168. The average molecular weight is 428 g/mol. The lowest BCUT2D eigenvalue weighted by Gasteiger charge is -2.52. The molecule has 30 heavy (non-hydrogen) atoms. The predicted molar refractivity (Wildman–Crippen MR) is 107 cm³/mol. The van der Waals surface area contributed by atoms with Crippen molar-refractivity contribution in [1.29, 1.82) is 0 Å². The second-order valence-electron chi connectivity index (χ2n) is 7.36. The number of hydrogen-bond acceptors (Lipinski definition) is 7. The van der Waals surface area contributed by atoms with Gasteiger partial charge in [0.1, 0.15) is 17.1 Å². The van der Waals surface area contributed by atoms with Gasteiger partial charge in [0, 0.05) is 24.2 Å². The van der Waals surface area contributed by atoms with E-state index in [-0.39, 0.29) is 36.1 Å². The summed E-state index contributed by atoms with van der Waals surface area (Å²) >= 11 is 1.40. The topological polar surface area (TPSA) is 101 Å². The first kappa shape index (κ1) is 20.3. The van der Waals surface area contributed by atoms with Gasteiger partial charge in [0.15, 0.2) is 12.4 Å². The number of carbonyl (C=O) groups is 5. The minimum atomic E-state index is -0.892. The maximum atomic E-state index is 12.9. The summed E-state index contributed by atoms with van der Waals surface area (Å²) in [4.78, 5) is 64.6. The van der Waals surface area contributed by atoms with Crippen molar-refractivity contribution in [3.8, 4) is 0 Å². The molecular formula is C21H20N2O6S. The Hall–Kier alpha value is -2.94. The highest BCUT2D eigenvalue weighted by molar-refractivity contribution is 8.00. The fourth-order valence-electron chi connectivity index (χ4n) is 3.83. The number of thioether (sulfide) groups is 1. The lowest BCUT2D eigenvalue weighted by Crippen LogP contribution is -2.72. The first-order valence-corrected chi connectivity index (χ1v) is 10.7. The Bertz CT molecular complexity index is 957. The van der Waals surface area contributed by atoms with E-state index in [1.54, 1.807) is 37.3 Å². The largest absolute Gasteiger partial charge is 0.453 e. The molecular weight excluding hydrogens is 408 g/mol. The zero-order chi connectivity index (χ0) is 21.4. The van der Waals surface area contributed by atoms with Gasteiger partial charge in [-0.15, -0.1) is 11.8 Å². The average Bonchev–Trinajstić information content (AvgIpc) is 2.75. The van der Waals surface area contributed by atoms with E-state index in [4.69, 9.17) is 4.74 Å². The van der Waals surface area contributed by atoms with Crippen molar-refractivity contribution in [3.05, 3.63) is 47.2 Å². The highest BCUT2D eigenvalue weighted by Crippen LogP contribution is 2.43. The van der Waals surface area contributed by atoms with Crippen molar-refractivity contribution in [2.24, 2.45) is 0 Å². The molecule has 9 heteroatoms. The highest BCUT2D eigenvalue weighted by atomic mass is 32.2. The van der Waals surface area contributed by atoms with Gasteiger partial charge in [-0.3, -0.25) is 29.0 Å². The van der Waals surface area contributed by atoms with Gasteiger partial charge in [-0.25, -0.2) is 4.79 Å². The Morgan fingerprint density at radius 1 is 1.07 bits per heavy atom. The number of nitrogens with zero attached hydrogens (tertiary/aromatic N) is 2. The first-order chi connectivity index (χ1) is 14.4. The SMILES string of the molecule is CC1=C(C(=O)OCC(=O)c2ccccc2)N2C(=O)C(N3C(=O)CCCC3=O)[C@@H]2SC1. The summed E-state index contributed by atoms with van der Waals surface area (Å²) in [5.74, 6) is -1.83. The molecule has 0 saturated carbocycles. The zero-order valence-electron chi connectivity index (χ0n) is 16.3. The Morgan fingerprint density at radius 3 is 2.40 bits per heavy atom. The van der Waals surface area contributed by atoms with Crippen LogP contribution >= 0.6 is 11.8 Å². The number of hydrogen-bond donors (Lipinski definition) is 0. The van der Waals surface area contributed by atoms with Gasteiger partial charge in [0.05, 0.1) is 0 Å². The Kier molecular flexibility index (Phi) is 5.46. The Labute approximate surface area is 177 Å². The van der Waals surface area contributed by atoms with Crippen LogP contribution in [0.2, 0.25) is 0 Å². The fourth-order valence-corrected chi connectivity index (χ4v) is 5.17. The number of ether oxygens (including phenoxy) is 1. The van der Waals surface area contributed by atoms with Crippen molar-refractivity contribution >= 4 is 41.2 Å². The van der Waals surface area contributed by atoms with Gasteiger partial charge in [-0.1, -0.05) is 30.3 Å². The van der Waals surface area contributed by atoms with E-state index in [1.807, 2.05) is 0 Å². The van der Waals surface area contributed by atoms with E-state index in [1.165, 1.54) is 16.7 Å². The van der Waals surface area contributed by atoms with Crippen LogP contribution in [0.15, 0.2) is 41.6 Å². The van der Waals surface area contributed by atoms with Crippen LogP contribution in [0, 0.1) is 0 Å². The molecule has 3 aliphatic rings. The number of likely N-dealkylation sites (tertiary alicyclic amines) is 1. The Morgan fingerprint density at radius 2 is 1.73 bits per heavy atom. The number of Topliss-reactive ketones (excluding diaryl/α,β-unsaturated/α-hetero) is 1. The molecule has 2 atom stereocenters. The number of rotatable bonds is 5. The summed E-state index contributed by atoms with van der Waals surface area (Å²) in [5, 5.41) is -0.514. The van der Waals surface area contributed by atoms with Crippen LogP contribution in [-0.4, -0.2) is 63.0 Å². The molecule has 0 bridgehead atoms. The molecule has 0 radical (unpaired) electrons.